The molecule has 2 heterocycles. The molecule has 102 valence electrons. The van der Waals surface area contributed by atoms with Crippen molar-refractivity contribution < 1.29 is 14.2 Å². The molecule has 0 spiro atoms. The standard InChI is InChI=1S/C9H11FN6O3/c10-6-3-15(7-2-1-5(4-17)19-7)9(18)16(8(6)11)14-13-12/h3,5,7,11,17H,1-2,4H2/t5-,7+/m0/s1. The fraction of sp³-hybridized carbons (Fsp3) is 0.556. The smallest absolute Gasteiger partial charge is 0.394 e. The Hall–Kier alpha value is -2.16. The lowest BCUT2D eigenvalue weighted by Crippen LogP contribution is -2.40. The van der Waals surface area contributed by atoms with Crippen LogP contribution < -0.4 is 11.2 Å². The Morgan fingerprint density at radius 1 is 1.68 bits per heavy atom. The van der Waals surface area contributed by atoms with Gasteiger partial charge in [-0.25, -0.2) is 4.79 Å². The molecule has 0 radical (unpaired) electrons. The molecule has 10 heteroatoms. The van der Waals surface area contributed by atoms with E-state index in [2.05, 4.69) is 10.1 Å². The van der Waals surface area contributed by atoms with Gasteiger partial charge in [0.1, 0.15) is 6.23 Å². The van der Waals surface area contributed by atoms with Gasteiger partial charge in [-0.3, -0.25) is 9.98 Å². The number of aromatic nitrogens is 2. The molecule has 2 N–H and O–H groups in total. The van der Waals surface area contributed by atoms with E-state index in [4.69, 9.17) is 20.8 Å². The number of aliphatic hydroxyl groups excluding tert-OH is 1. The quantitative estimate of drug-likeness (QED) is 0.456. The third kappa shape index (κ3) is 2.36. The zero-order chi connectivity index (χ0) is 14.0. The molecule has 0 unspecified atom stereocenters. The Labute approximate surface area is 105 Å². The zero-order valence-corrected chi connectivity index (χ0v) is 9.73. The van der Waals surface area contributed by atoms with E-state index in [9.17, 15) is 9.18 Å². The van der Waals surface area contributed by atoms with E-state index in [1.54, 1.807) is 0 Å². The largest absolute Gasteiger partial charge is 0.427 e. The van der Waals surface area contributed by atoms with Crippen LogP contribution in [0.5, 0.6) is 0 Å². The van der Waals surface area contributed by atoms with Gasteiger partial charge in [0, 0.05) is 0 Å². The molecule has 0 bridgehead atoms. The van der Waals surface area contributed by atoms with Crippen molar-refractivity contribution in [2.45, 2.75) is 25.2 Å². The Kier molecular flexibility index (Phi) is 3.65. The normalized spacial score (nSPS) is 22.2. The molecule has 1 fully saturated rings. The second-order valence-electron chi connectivity index (χ2n) is 3.98. The molecule has 0 aromatic carbocycles. The van der Waals surface area contributed by atoms with Gasteiger partial charge in [0.2, 0.25) is 5.82 Å². The topological polar surface area (TPSA) is 129 Å². The van der Waals surface area contributed by atoms with Crippen LogP contribution >= 0.6 is 0 Å². The van der Waals surface area contributed by atoms with E-state index in [-0.39, 0.29) is 6.61 Å². The van der Waals surface area contributed by atoms with Crippen molar-refractivity contribution in [2.75, 3.05) is 6.61 Å². The number of nitrogens with zero attached hydrogens (tertiary/aromatic N) is 5. The summed E-state index contributed by atoms with van der Waals surface area (Å²) < 4.78 is 20.1. The third-order valence-corrected chi connectivity index (χ3v) is 2.82. The molecular weight excluding hydrogens is 259 g/mol. The molecule has 1 saturated heterocycles. The minimum absolute atomic E-state index is 0.194. The molecule has 1 aliphatic rings. The van der Waals surface area contributed by atoms with Crippen LogP contribution in [0.25, 0.3) is 10.4 Å². The molecule has 0 aliphatic carbocycles. The van der Waals surface area contributed by atoms with Crippen LogP contribution in [-0.2, 0) is 4.74 Å². The molecule has 19 heavy (non-hydrogen) atoms. The SMILES string of the molecule is [N-]=[N+]=Nn1c(=N)c(F)cn([C@H]2CC[C@@H](CO)O2)c1=O. The molecule has 0 amide bonds. The summed E-state index contributed by atoms with van der Waals surface area (Å²) in [6.07, 6.45) is 0.610. The minimum Gasteiger partial charge on any atom is -0.394 e. The summed E-state index contributed by atoms with van der Waals surface area (Å²) in [5.74, 6) is -1.01. The molecular formula is C9H11FN6O3. The average molecular weight is 270 g/mol. The number of rotatable bonds is 3. The molecule has 1 aromatic heterocycles. The molecule has 2 atom stereocenters. The number of hydrogen-bond donors (Lipinski definition) is 2. The Morgan fingerprint density at radius 3 is 3.00 bits per heavy atom. The highest BCUT2D eigenvalue weighted by Gasteiger charge is 2.28. The fourth-order valence-electron chi connectivity index (χ4n) is 1.90. The van der Waals surface area contributed by atoms with Gasteiger partial charge in [-0.2, -0.15) is 9.30 Å². The predicted molar refractivity (Wildman–Crippen MR) is 59.3 cm³/mol. The number of ether oxygens (including phenoxy) is 1. The summed E-state index contributed by atoms with van der Waals surface area (Å²) in [6, 6.07) is 0. The van der Waals surface area contributed by atoms with Gasteiger partial charge in [0.05, 0.1) is 18.9 Å². The number of nitrogens with one attached hydrogen (secondary N) is 1. The van der Waals surface area contributed by atoms with Crippen LogP contribution in [0.3, 0.4) is 0 Å². The first-order chi connectivity index (χ1) is 9.08. The van der Waals surface area contributed by atoms with Crippen molar-refractivity contribution in [2.24, 2.45) is 5.22 Å². The van der Waals surface area contributed by atoms with Crippen molar-refractivity contribution >= 4 is 0 Å². The van der Waals surface area contributed by atoms with Crippen LogP contribution in [0, 0.1) is 11.2 Å². The molecule has 2 rings (SSSR count). The number of azide groups is 1. The van der Waals surface area contributed by atoms with Crippen molar-refractivity contribution in [3.8, 4) is 0 Å². The highest BCUT2D eigenvalue weighted by atomic mass is 19.1. The summed E-state index contributed by atoms with van der Waals surface area (Å²) in [7, 11) is 0. The average Bonchev–Trinajstić information content (AvgIpc) is 2.87. The van der Waals surface area contributed by atoms with Gasteiger partial charge >= 0.3 is 5.69 Å². The number of aliphatic hydroxyl groups is 1. The van der Waals surface area contributed by atoms with Crippen molar-refractivity contribution in [3.63, 3.8) is 0 Å². The van der Waals surface area contributed by atoms with E-state index < -0.39 is 29.3 Å². The summed E-state index contributed by atoms with van der Waals surface area (Å²) >= 11 is 0. The molecule has 1 aromatic rings. The fourth-order valence-corrected chi connectivity index (χ4v) is 1.90. The lowest BCUT2D eigenvalue weighted by molar-refractivity contribution is -0.0257. The maximum absolute atomic E-state index is 13.5. The van der Waals surface area contributed by atoms with Gasteiger partial charge in [-0.15, -0.1) is 10.2 Å². The number of halogens is 1. The zero-order valence-electron chi connectivity index (χ0n) is 9.73. The second-order valence-corrected chi connectivity index (χ2v) is 3.98. The first-order valence-electron chi connectivity index (χ1n) is 5.48. The van der Waals surface area contributed by atoms with E-state index in [1.165, 1.54) is 0 Å². The third-order valence-electron chi connectivity index (χ3n) is 2.82. The summed E-state index contributed by atoms with van der Waals surface area (Å²) in [5, 5.41) is 19.2. The Balaban J connectivity index is 2.51. The van der Waals surface area contributed by atoms with Crippen LogP contribution in [0.15, 0.2) is 16.2 Å². The van der Waals surface area contributed by atoms with Crippen molar-refractivity contribution in [3.05, 3.63) is 38.4 Å². The monoisotopic (exact) mass is 270 g/mol. The first-order valence-corrected chi connectivity index (χ1v) is 5.48. The highest BCUT2D eigenvalue weighted by Crippen LogP contribution is 2.26. The van der Waals surface area contributed by atoms with Crippen LogP contribution in [0.4, 0.5) is 4.39 Å². The van der Waals surface area contributed by atoms with Gasteiger partial charge in [-0.1, -0.05) is 0 Å². The van der Waals surface area contributed by atoms with Crippen molar-refractivity contribution in [1.29, 1.82) is 5.41 Å². The van der Waals surface area contributed by atoms with Crippen molar-refractivity contribution in [1.82, 2.24) is 9.24 Å². The molecule has 1 aliphatic heterocycles. The van der Waals surface area contributed by atoms with E-state index in [0.29, 0.717) is 17.5 Å². The summed E-state index contributed by atoms with van der Waals surface area (Å²) in [6.45, 7) is -0.194. The van der Waals surface area contributed by atoms with Gasteiger partial charge < -0.3 is 9.84 Å². The first kappa shape index (κ1) is 13.3. The van der Waals surface area contributed by atoms with E-state index in [1.807, 2.05) is 0 Å². The maximum Gasteiger partial charge on any atom is 0.427 e. The van der Waals surface area contributed by atoms with Crippen LogP contribution in [-0.4, -0.2) is 27.1 Å². The van der Waals surface area contributed by atoms with Gasteiger partial charge in [0.15, 0.2) is 0 Å². The van der Waals surface area contributed by atoms with E-state index >= 15 is 0 Å². The summed E-state index contributed by atoms with van der Waals surface area (Å²) in [5.41, 5.74) is 6.62. The maximum atomic E-state index is 13.5. The van der Waals surface area contributed by atoms with E-state index in [0.717, 1.165) is 10.8 Å². The predicted octanol–water partition coefficient (Wildman–Crippen LogP) is 0.0117. The minimum atomic E-state index is -1.01. The Bertz CT molecular complexity index is 646. The summed E-state index contributed by atoms with van der Waals surface area (Å²) in [4.78, 5) is 14.3. The lowest BCUT2D eigenvalue weighted by Gasteiger charge is -2.14. The molecule has 0 saturated carbocycles. The van der Waals surface area contributed by atoms with Gasteiger partial charge in [0.25, 0.3) is 5.49 Å². The number of hydrogen-bond acceptors (Lipinski definition) is 5. The Morgan fingerprint density at radius 2 is 2.42 bits per heavy atom. The van der Waals surface area contributed by atoms with Crippen LogP contribution in [0.1, 0.15) is 19.1 Å². The molecule has 9 nitrogen and oxygen atoms in total. The second kappa shape index (κ2) is 5.22. The van der Waals surface area contributed by atoms with Crippen LogP contribution in [0.2, 0.25) is 0 Å². The highest BCUT2D eigenvalue weighted by molar-refractivity contribution is 4.90. The van der Waals surface area contributed by atoms with Gasteiger partial charge in [-0.05, 0) is 18.1 Å². The lowest BCUT2D eigenvalue weighted by atomic mass is 10.2.